The Balaban J connectivity index is 1.89. The highest BCUT2D eigenvalue weighted by Crippen LogP contribution is 2.35. The fourth-order valence-electron chi connectivity index (χ4n) is 2.23. The highest BCUT2D eigenvalue weighted by atomic mass is 35.5. The second-order valence-corrected chi connectivity index (χ2v) is 6.89. The molecule has 1 aliphatic carbocycles. The van der Waals surface area contributed by atoms with E-state index in [0.29, 0.717) is 5.56 Å². The summed E-state index contributed by atoms with van der Waals surface area (Å²) in [7, 11) is 0. The van der Waals surface area contributed by atoms with Gasteiger partial charge in [-0.25, -0.2) is 9.78 Å². The number of anilines is 1. The SMILES string of the molecule is Nc1c(Cl)c(Cl)nc(C(=O)OC(C(=O)NC2CC2)c2ccccc2)c1Cl. The lowest BCUT2D eigenvalue weighted by Gasteiger charge is -2.18. The molecule has 1 amide bonds. The van der Waals surface area contributed by atoms with Crippen LogP contribution in [0.2, 0.25) is 15.2 Å². The third-order valence-corrected chi connectivity index (χ3v) is 4.89. The number of halogens is 3. The molecular weight excluding hydrogens is 401 g/mol. The zero-order chi connectivity index (χ0) is 18.8. The number of esters is 1. The molecule has 1 aliphatic rings. The zero-order valence-corrected chi connectivity index (χ0v) is 15.6. The van der Waals surface area contributed by atoms with E-state index in [9.17, 15) is 9.59 Å². The monoisotopic (exact) mass is 413 g/mol. The summed E-state index contributed by atoms with van der Waals surface area (Å²) in [5.41, 5.74) is 5.85. The van der Waals surface area contributed by atoms with E-state index in [2.05, 4.69) is 10.3 Å². The van der Waals surface area contributed by atoms with Crippen LogP contribution in [0.5, 0.6) is 0 Å². The number of hydrogen-bond donors (Lipinski definition) is 2. The summed E-state index contributed by atoms with van der Waals surface area (Å²) in [6.07, 6.45) is 0.647. The van der Waals surface area contributed by atoms with E-state index in [1.165, 1.54) is 0 Å². The molecule has 1 atom stereocenters. The summed E-state index contributed by atoms with van der Waals surface area (Å²) >= 11 is 17.8. The van der Waals surface area contributed by atoms with Gasteiger partial charge in [0.1, 0.15) is 5.02 Å². The minimum atomic E-state index is -1.15. The van der Waals surface area contributed by atoms with Crippen molar-refractivity contribution < 1.29 is 14.3 Å². The van der Waals surface area contributed by atoms with Crippen molar-refractivity contribution in [1.82, 2.24) is 10.3 Å². The molecule has 9 heteroatoms. The van der Waals surface area contributed by atoms with Crippen molar-refractivity contribution in [2.75, 3.05) is 5.73 Å². The van der Waals surface area contributed by atoms with Crippen LogP contribution < -0.4 is 11.1 Å². The largest absolute Gasteiger partial charge is 0.443 e. The Bertz CT molecular complexity index is 857. The number of ether oxygens (including phenoxy) is 1. The topological polar surface area (TPSA) is 94.3 Å². The van der Waals surface area contributed by atoms with Crippen LogP contribution in [0.1, 0.15) is 35.0 Å². The number of nitrogen functional groups attached to an aromatic ring is 1. The number of pyridine rings is 1. The van der Waals surface area contributed by atoms with E-state index in [0.717, 1.165) is 12.8 Å². The fraction of sp³-hybridized carbons (Fsp3) is 0.235. The molecule has 1 aromatic carbocycles. The summed E-state index contributed by atoms with van der Waals surface area (Å²) in [6.45, 7) is 0. The van der Waals surface area contributed by atoms with Gasteiger partial charge in [0, 0.05) is 11.6 Å². The lowest BCUT2D eigenvalue weighted by molar-refractivity contribution is -0.130. The average molecular weight is 415 g/mol. The van der Waals surface area contributed by atoms with E-state index >= 15 is 0 Å². The van der Waals surface area contributed by atoms with E-state index in [-0.39, 0.29) is 32.6 Å². The molecule has 0 aliphatic heterocycles. The Kier molecular flexibility index (Phi) is 5.55. The number of carbonyl (C=O) groups excluding carboxylic acids is 2. The van der Waals surface area contributed by atoms with Crippen molar-refractivity contribution >= 4 is 52.4 Å². The van der Waals surface area contributed by atoms with Crippen molar-refractivity contribution in [2.24, 2.45) is 0 Å². The molecule has 0 radical (unpaired) electrons. The van der Waals surface area contributed by atoms with Crippen LogP contribution in [0.3, 0.4) is 0 Å². The Labute approximate surface area is 164 Å². The van der Waals surface area contributed by atoms with Gasteiger partial charge in [0.2, 0.25) is 6.10 Å². The highest BCUT2D eigenvalue weighted by Gasteiger charge is 2.32. The van der Waals surface area contributed by atoms with Crippen LogP contribution in [0.25, 0.3) is 0 Å². The fourth-order valence-corrected chi connectivity index (χ4v) is 2.82. The van der Waals surface area contributed by atoms with Gasteiger partial charge >= 0.3 is 5.97 Å². The molecule has 0 spiro atoms. The Morgan fingerprint density at radius 2 is 1.81 bits per heavy atom. The molecule has 1 heterocycles. The first-order chi connectivity index (χ1) is 12.4. The number of benzene rings is 1. The molecule has 0 bridgehead atoms. The Hall–Kier alpha value is -2.02. The van der Waals surface area contributed by atoms with Gasteiger partial charge in [-0.15, -0.1) is 0 Å². The number of rotatable bonds is 5. The summed E-state index contributed by atoms with van der Waals surface area (Å²) in [6, 6.07) is 8.74. The van der Waals surface area contributed by atoms with Crippen LogP contribution in [0, 0.1) is 0 Å². The molecule has 0 saturated heterocycles. The molecule has 1 fully saturated rings. The third-order valence-electron chi connectivity index (χ3n) is 3.75. The van der Waals surface area contributed by atoms with Gasteiger partial charge in [0.05, 0.1) is 10.7 Å². The van der Waals surface area contributed by atoms with Gasteiger partial charge in [0.15, 0.2) is 10.8 Å². The van der Waals surface area contributed by atoms with Gasteiger partial charge in [0.25, 0.3) is 5.91 Å². The Morgan fingerprint density at radius 3 is 2.42 bits per heavy atom. The normalized spacial score (nSPS) is 14.6. The minimum Gasteiger partial charge on any atom is -0.443 e. The second kappa shape index (κ2) is 7.70. The third kappa shape index (κ3) is 4.03. The number of amides is 1. The first-order valence-corrected chi connectivity index (χ1v) is 8.88. The van der Waals surface area contributed by atoms with Gasteiger partial charge in [-0.05, 0) is 12.8 Å². The maximum Gasteiger partial charge on any atom is 0.359 e. The molecule has 26 heavy (non-hydrogen) atoms. The molecule has 1 saturated carbocycles. The number of hydrogen-bond acceptors (Lipinski definition) is 5. The highest BCUT2D eigenvalue weighted by molar-refractivity contribution is 6.46. The van der Waals surface area contributed by atoms with Crippen molar-refractivity contribution in [1.29, 1.82) is 0 Å². The number of nitrogens with one attached hydrogen (secondary N) is 1. The van der Waals surface area contributed by atoms with Crippen LogP contribution in [0.15, 0.2) is 30.3 Å². The number of nitrogens with two attached hydrogens (primary N) is 1. The smallest absolute Gasteiger partial charge is 0.359 e. The summed E-state index contributed by atoms with van der Waals surface area (Å²) < 4.78 is 5.39. The molecular formula is C17H14Cl3N3O3. The van der Waals surface area contributed by atoms with Crippen molar-refractivity contribution in [3.63, 3.8) is 0 Å². The average Bonchev–Trinajstić information content (AvgIpc) is 3.45. The lowest BCUT2D eigenvalue weighted by Crippen LogP contribution is -2.33. The van der Waals surface area contributed by atoms with Gasteiger partial charge in [-0.1, -0.05) is 65.1 Å². The number of carbonyl (C=O) groups is 2. The minimum absolute atomic E-state index is 0.0562. The van der Waals surface area contributed by atoms with Crippen LogP contribution in [-0.2, 0) is 9.53 Å². The predicted molar refractivity (Wildman–Crippen MR) is 99.4 cm³/mol. The molecule has 3 N–H and O–H groups in total. The van der Waals surface area contributed by atoms with Crippen molar-refractivity contribution in [3.05, 3.63) is 56.8 Å². The van der Waals surface area contributed by atoms with E-state index < -0.39 is 18.0 Å². The van der Waals surface area contributed by atoms with Crippen LogP contribution in [-0.4, -0.2) is 22.9 Å². The standard InChI is InChI=1S/C17H14Cl3N3O3/c18-10-12(21)11(19)15(20)23-13(10)17(25)26-14(8-4-2-1-3-5-8)16(24)22-9-6-7-9/h1-5,9,14H,6-7H2,(H2,21,23)(H,22,24). The molecule has 1 unspecified atom stereocenters. The molecule has 6 nitrogen and oxygen atoms in total. The van der Waals surface area contributed by atoms with Crippen molar-refractivity contribution in [3.8, 4) is 0 Å². The Morgan fingerprint density at radius 1 is 1.15 bits per heavy atom. The zero-order valence-electron chi connectivity index (χ0n) is 13.3. The number of aromatic nitrogens is 1. The first-order valence-electron chi connectivity index (χ1n) is 7.74. The summed E-state index contributed by atoms with van der Waals surface area (Å²) in [5, 5.41) is 2.40. The first kappa shape index (κ1) is 18.8. The van der Waals surface area contributed by atoms with Gasteiger partial charge in [-0.2, -0.15) is 0 Å². The van der Waals surface area contributed by atoms with E-state index in [4.69, 9.17) is 45.3 Å². The quantitative estimate of drug-likeness (QED) is 0.573. The molecule has 2 aromatic rings. The predicted octanol–water partition coefficient (Wildman–Crippen LogP) is 3.80. The number of nitrogens with zero attached hydrogens (tertiary/aromatic N) is 1. The van der Waals surface area contributed by atoms with Crippen molar-refractivity contribution in [2.45, 2.75) is 25.0 Å². The van der Waals surface area contributed by atoms with Crippen LogP contribution >= 0.6 is 34.8 Å². The molecule has 136 valence electrons. The van der Waals surface area contributed by atoms with E-state index in [1.807, 2.05) is 0 Å². The molecule has 1 aromatic heterocycles. The molecule has 3 rings (SSSR count). The maximum absolute atomic E-state index is 12.6. The van der Waals surface area contributed by atoms with Gasteiger partial charge < -0.3 is 15.8 Å². The van der Waals surface area contributed by atoms with Gasteiger partial charge in [-0.3, -0.25) is 4.79 Å². The summed E-state index contributed by atoms with van der Waals surface area (Å²) in [4.78, 5) is 28.9. The maximum atomic E-state index is 12.6. The van der Waals surface area contributed by atoms with E-state index in [1.54, 1.807) is 30.3 Å². The van der Waals surface area contributed by atoms with Crippen LogP contribution in [0.4, 0.5) is 5.69 Å². The second-order valence-electron chi connectivity index (χ2n) is 5.77. The lowest BCUT2D eigenvalue weighted by atomic mass is 10.1. The summed E-state index contributed by atoms with van der Waals surface area (Å²) in [5.74, 6) is -1.35.